The molecule has 3 N–H and O–H groups in total. The number of nitrogens with one attached hydrogen (secondary N) is 3. The average molecular weight is 506 g/mol. The fourth-order valence-electron chi connectivity index (χ4n) is 5.62. The molecule has 0 unspecified atom stereocenters. The number of rotatable bonds is 7. The molecule has 2 aliphatic heterocycles. The van der Waals surface area contributed by atoms with Crippen LogP contribution >= 0.6 is 0 Å². The summed E-state index contributed by atoms with van der Waals surface area (Å²) in [5, 5.41) is 11.0. The number of anilines is 1. The molecule has 1 amide bonds. The number of hydrogen-bond acceptors (Lipinski definition) is 4. The molecule has 7 heteroatoms. The number of carbonyl (C=O) groups excluding carboxylic acids is 2. The van der Waals surface area contributed by atoms with E-state index in [-0.39, 0.29) is 11.7 Å². The van der Waals surface area contributed by atoms with Crippen LogP contribution < -0.4 is 10.6 Å². The van der Waals surface area contributed by atoms with E-state index >= 15 is 0 Å². The number of hydrogen-bond donors (Lipinski definition) is 3. The maximum atomic E-state index is 13.1. The molecule has 0 radical (unpaired) electrons. The summed E-state index contributed by atoms with van der Waals surface area (Å²) in [5.41, 5.74) is 8.40. The van der Waals surface area contributed by atoms with Crippen molar-refractivity contribution in [3.8, 4) is 16.8 Å². The van der Waals surface area contributed by atoms with Crippen molar-refractivity contribution in [1.29, 1.82) is 0 Å². The number of H-pyrrole nitrogens is 1. The molecule has 1 saturated heterocycles. The van der Waals surface area contributed by atoms with Gasteiger partial charge in [0.05, 0.1) is 17.5 Å². The molecule has 2 aliphatic rings. The van der Waals surface area contributed by atoms with E-state index in [0.717, 1.165) is 70.0 Å². The Balaban J connectivity index is 1.28. The zero-order valence-corrected chi connectivity index (χ0v) is 21.7. The molecule has 2 aromatic carbocycles. The molecule has 4 aromatic rings. The second-order valence-electron chi connectivity index (χ2n) is 10.2. The Hall–Kier alpha value is -4.23. The summed E-state index contributed by atoms with van der Waals surface area (Å²) < 4.78 is 1.84. The molecule has 6 rings (SSSR count). The second-order valence-corrected chi connectivity index (χ2v) is 10.2. The highest BCUT2D eigenvalue weighted by Gasteiger charge is 2.26. The monoisotopic (exact) mass is 505 g/mol. The molecular formula is C31H31N5O2. The largest absolute Gasteiger partial charge is 0.358 e. The van der Waals surface area contributed by atoms with Crippen LogP contribution in [0, 0.1) is 13.8 Å². The lowest BCUT2D eigenvalue weighted by Gasteiger charge is -2.09. The number of ketones is 1. The van der Waals surface area contributed by atoms with Gasteiger partial charge in [0.2, 0.25) is 0 Å². The maximum Gasteiger partial charge on any atom is 0.256 e. The third-order valence-corrected chi connectivity index (χ3v) is 7.67. The molecule has 0 aliphatic carbocycles. The first kappa shape index (κ1) is 24.1. The minimum atomic E-state index is -0.149. The summed E-state index contributed by atoms with van der Waals surface area (Å²) in [7, 11) is 0. The molecule has 0 bridgehead atoms. The number of para-hydroxylation sites is 1. The molecule has 7 nitrogen and oxygen atoms in total. The number of fused-ring (bicyclic) bond motifs is 1. The van der Waals surface area contributed by atoms with Gasteiger partial charge in [-0.15, -0.1) is 0 Å². The van der Waals surface area contributed by atoms with Crippen molar-refractivity contribution in [2.45, 2.75) is 45.6 Å². The number of nitrogens with zero attached hydrogens (tertiary/aromatic N) is 2. The topological polar surface area (TPSA) is 91.8 Å². The summed E-state index contributed by atoms with van der Waals surface area (Å²) in [6.45, 7) is 4.93. The lowest BCUT2D eigenvalue weighted by atomic mass is 9.97. The molecule has 192 valence electrons. The molecular weight excluding hydrogens is 474 g/mol. The van der Waals surface area contributed by atoms with Crippen LogP contribution in [0.25, 0.3) is 28.5 Å². The van der Waals surface area contributed by atoms with Crippen molar-refractivity contribution in [3.05, 3.63) is 89.0 Å². The van der Waals surface area contributed by atoms with Crippen LogP contribution in [0.4, 0.5) is 5.69 Å². The Bertz CT molecular complexity index is 1550. The molecule has 0 spiro atoms. The van der Waals surface area contributed by atoms with Crippen LogP contribution in [0.15, 0.2) is 60.9 Å². The fourth-order valence-corrected chi connectivity index (χ4v) is 5.62. The van der Waals surface area contributed by atoms with Crippen molar-refractivity contribution in [2.24, 2.45) is 0 Å². The van der Waals surface area contributed by atoms with Crippen LogP contribution in [-0.2, 0) is 4.79 Å². The van der Waals surface area contributed by atoms with E-state index in [0.29, 0.717) is 18.0 Å². The molecule has 4 heterocycles. The van der Waals surface area contributed by atoms with E-state index in [1.54, 1.807) is 0 Å². The van der Waals surface area contributed by atoms with Crippen molar-refractivity contribution < 1.29 is 9.59 Å². The van der Waals surface area contributed by atoms with Crippen molar-refractivity contribution in [3.63, 3.8) is 0 Å². The normalized spacial score (nSPS) is 17.7. The first-order valence-electron chi connectivity index (χ1n) is 13.2. The minimum Gasteiger partial charge on any atom is -0.358 e. The van der Waals surface area contributed by atoms with Crippen LogP contribution in [0.5, 0.6) is 0 Å². The number of aromatic nitrogens is 3. The number of aromatic amines is 1. The molecule has 0 saturated carbocycles. The van der Waals surface area contributed by atoms with Gasteiger partial charge in [0.15, 0.2) is 5.78 Å². The molecule has 2 aromatic heterocycles. The zero-order chi connectivity index (χ0) is 26.2. The highest BCUT2D eigenvalue weighted by molar-refractivity contribution is 6.35. The van der Waals surface area contributed by atoms with Crippen LogP contribution in [0.3, 0.4) is 0 Å². The van der Waals surface area contributed by atoms with Gasteiger partial charge < -0.3 is 15.6 Å². The standard InChI is InChI=1S/C31H31N5O2/c1-19-28(34-20(2)30(19)29(37)13-11-23-7-6-14-32-23)16-26-25-15-21(10-12-27(25)35-31(26)38)22-17-33-36(18-22)24-8-4-3-5-9-24/h3-5,8-10,12,15-18,23,32,34H,6-7,11,13-14H2,1-2H3,(H,35,38)/b26-16-/t23-/m0/s1. The number of carbonyl (C=O) groups is 2. The predicted octanol–water partition coefficient (Wildman–Crippen LogP) is 5.69. The summed E-state index contributed by atoms with van der Waals surface area (Å²) >= 11 is 0. The van der Waals surface area contributed by atoms with Crippen LogP contribution in [0.1, 0.15) is 58.6 Å². The maximum absolute atomic E-state index is 13.1. The van der Waals surface area contributed by atoms with Crippen LogP contribution in [-0.4, -0.2) is 39.0 Å². The van der Waals surface area contributed by atoms with Gasteiger partial charge in [-0.3, -0.25) is 9.59 Å². The lowest BCUT2D eigenvalue weighted by Crippen LogP contribution is -2.22. The third-order valence-electron chi connectivity index (χ3n) is 7.67. The van der Waals surface area contributed by atoms with Gasteiger partial charge in [0, 0.05) is 52.4 Å². The number of aryl methyl sites for hydroxylation is 1. The molecule has 1 fully saturated rings. The SMILES string of the molecule is Cc1[nH]c(/C=C2\C(=O)Nc3ccc(-c4cnn(-c5ccccc5)c4)cc32)c(C)c1C(=O)CC[C@@H]1CCCN1. The first-order chi connectivity index (χ1) is 18.5. The van der Waals surface area contributed by atoms with Crippen molar-refractivity contribution in [2.75, 3.05) is 11.9 Å². The summed E-state index contributed by atoms with van der Waals surface area (Å²) in [6, 6.07) is 16.4. The van der Waals surface area contributed by atoms with Crippen LogP contribution in [0.2, 0.25) is 0 Å². The van der Waals surface area contributed by atoms with E-state index in [9.17, 15) is 9.59 Å². The average Bonchev–Trinajstić information content (AvgIpc) is 3.72. The first-order valence-corrected chi connectivity index (χ1v) is 13.2. The van der Waals surface area contributed by atoms with E-state index in [4.69, 9.17) is 0 Å². The van der Waals surface area contributed by atoms with E-state index in [1.807, 2.05) is 85.5 Å². The fraction of sp³-hybridized carbons (Fsp3) is 0.258. The minimum absolute atomic E-state index is 0.149. The van der Waals surface area contributed by atoms with E-state index < -0.39 is 0 Å². The highest BCUT2D eigenvalue weighted by atomic mass is 16.2. The van der Waals surface area contributed by atoms with Crippen molar-refractivity contribution in [1.82, 2.24) is 20.1 Å². The number of Topliss-reactive ketones (excluding diaryl/α,β-unsaturated/α-hetero) is 1. The van der Waals surface area contributed by atoms with Gasteiger partial charge in [-0.05, 0) is 81.1 Å². The smallest absolute Gasteiger partial charge is 0.256 e. The van der Waals surface area contributed by atoms with Gasteiger partial charge in [0.1, 0.15) is 0 Å². The number of benzene rings is 2. The van der Waals surface area contributed by atoms with Gasteiger partial charge in [-0.1, -0.05) is 24.3 Å². The van der Waals surface area contributed by atoms with Gasteiger partial charge >= 0.3 is 0 Å². The Morgan fingerprint density at radius 3 is 2.76 bits per heavy atom. The van der Waals surface area contributed by atoms with Crippen molar-refractivity contribution >= 4 is 29.0 Å². The summed E-state index contributed by atoms with van der Waals surface area (Å²) in [5.74, 6) is 0.00700. The Labute approximate surface area is 222 Å². The number of amides is 1. The predicted molar refractivity (Wildman–Crippen MR) is 150 cm³/mol. The Morgan fingerprint density at radius 2 is 1.97 bits per heavy atom. The lowest BCUT2D eigenvalue weighted by molar-refractivity contribution is -0.110. The highest BCUT2D eigenvalue weighted by Crippen LogP contribution is 2.37. The van der Waals surface area contributed by atoms with Gasteiger partial charge in [-0.2, -0.15) is 5.10 Å². The zero-order valence-electron chi connectivity index (χ0n) is 21.7. The summed E-state index contributed by atoms with van der Waals surface area (Å²) in [4.78, 5) is 29.4. The van der Waals surface area contributed by atoms with E-state index in [1.165, 1.54) is 6.42 Å². The Kier molecular flexibility index (Phi) is 6.29. The van der Waals surface area contributed by atoms with Gasteiger partial charge in [0.25, 0.3) is 5.91 Å². The summed E-state index contributed by atoms with van der Waals surface area (Å²) in [6.07, 6.45) is 9.39. The molecule has 38 heavy (non-hydrogen) atoms. The quantitative estimate of drug-likeness (QED) is 0.222. The Morgan fingerprint density at radius 1 is 1.13 bits per heavy atom. The third kappa shape index (κ3) is 4.50. The second kappa shape index (κ2) is 9.91. The molecule has 1 atom stereocenters. The van der Waals surface area contributed by atoms with Gasteiger partial charge in [-0.25, -0.2) is 4.68 Å². The van der Waals surface area contributed by atoms with E-state index in [2.05, 4.69) is 20.7 Å².